The zero-order valence-electron chi connectivity index (χ0n) is 8.01. The summed E-state index contributed by atoms with van der Waals surface area (Å²) in [6, 6.07) is 4.24. The summed E-state index contributed by atoms with van der Waals surface area (Å²) >= 11 is 0. The second-order valence-corrected chi connectivity index (χ2v) is 3.21. The molecule has 1 aromatic carbocycles. The maximum atomic E-state index is 10.5. The lowest BCUT2D eigenvalue weighted by Crippen LogP contribution is -2.33. The van der Waals surface area contributed by atoms with Crippen molar-refractivity contribution in [3.8, 4) is 5.75 Å². The van der Waals surface area contributed by atoms with E-state index in [0.717, 1.165) is 0 Å². The van der Waals surface area contributed by atoms with E-state index in [9.17, 15) is 10.1 Å². The van der Waals surface area contributed by atoms with Gasteiger partial charge in [-0.25, -0.2) is 4.99 Å². The van der Waals surface area contributed by atoms with Crippen molar-refractivity contribution in [1.29, 1.82) is 0 Å². The zero-order chi connectivity index (χ0) is 11.0. The molecular formula is C9H9N3O3. The standard InChI is InChI=1S/C9H9N3O3/c1-5-9(10)11-7-3-2-6(12(13)14)4-8(7)15-5/h2-5H,1H3,(H2,10,11). The van der Waals surface area contributed by atoms with Crippen LogP contribution in [0.5, 0.6) is 5.75 Å². The lowest BCUT2D eigenvalue weighted by atomic mass is 10.2. The number of fused-ring (bicyclic) bond motifs is 1. The van der Waals surface area contributed by atoms with Crippen molar-refractivity contribution in [3.05, 3.63) is 28.3 Å². The van der Waals surface area contributed by atoms with Crippen molar-refractivity contribution >= 4 is 17.2 Å². The molecule has 78 valence electrons. The molecule has 6 nitrogen and oxygen atoms in total. The third-order valence-electron chi connectivity index (χ3n) is 2.12. The molecule has 1 aliphatic heterocycles. The van der Waals surface area contributed by atoms with Crippen molar-refractivity contribution in [1.82, 2.24) is 0 Å². The summed E-state index contributed by atoms with van der Waals surface area (Å²) in [7, 11) is 0. The molecule has 1 heterocycles. The number of nitrogens with zero attached hydrogens (tertiary/aromatic N) is 2. The minimum absolute atomic E-state index is 0.0170. The van der Waals surface area contributed by atoms with Crippen molar-refractivity contribution < 1.29 is 9.66 Å². The molecule has 1 atom stereocenters. The molecule has 0 aromatic heterocycles. The first-order chi connectivity index (χ1) is 7.08. The molecule has 0 spiro atoms. The largest absolute Gasteiger partial charge is 0.480 e. The fourth-order valence-corrected chi connectivity index (χ4v) is 1.28. The van der Waals surface area contributed by atoms with Gasteiger partial charge in [0, 0.05) is 6.07 Å². The Balaban J connectivity index is 2.47. The topological polar surface area (TPSA) is 90.8 Å². The Labute approximate surface area is 85.5 Å². The first kappa shape index (κ1) is 9.45. The number of aliphatic imine (C=N–C) groups is 1. The highest BCUT2D eigenvalue weighted by Gasteiger charge is 2.20. The number of nitro benzene ring substituents is 1. The molecule has 6 heteroatoms. The van der Waals surface area contributed by atoms with Crippen LogP contribution in [0.1, 0.15) is 6.92 Å². The van der Waals surface area contributed by atoms with E-state index in [0.29, 0.717) is 17.3 Å². The third kappa shape index (κ3) is 1.61. The molecule has 2 N–H and O–H groups in total. The fourth-order valence-electron chi connectivity index (χ4n) is 1.28. The molecule has 0 saturated carbocycles. The third-order valence-corrected chi connectivity index (χ3v) is 2.12. The van der Waals surface area contributed by atoms with Crippen LogP contribution >= 0.6 is 0 Å². The highest BCUT2D eigenvalue weighted by molar-refractivity contribution is 5.89. The normalized spacial score (nSPS) is 18.7. The number of ether oxygens (including phenoxy) is 1. The molecule has 0 radical (unpaired) electrons. The summed E-state index contributed by atoms with van der Waals surface area (Å²) in [6.07, 6.45) is -0.348. The molecule has 0 bridgehead atoms. The highest BCUT2D eigenvalue weighted by Crippen LogP contribution is 2.34. The van der Waals surface area contributed by atoms with Crippen molar-refractivity contribution in [3.63, 3.8) is 0 Å². The van der Waals surface area contributed by atoms with Crippen LogP contribution in [0.3, 0.4) is 0 Å². The second-order valence-electron chi connectivity index (χ2n) is 3.21. The molecule has 2 rings (SSSR count). The number of hydrogen-bond acceptors (Lipinski definition) is 5. The van der Waals surface area contributed by atoms with Gasteiger partial charge in [0.2, 0.25) is 0 Å². The Morgan fingerprint density at radius 2 is 2.33 bits per heavy atom. The maximum Gasteiger partial charge on any atom is 0.273 e. The number of non-ortho nitro benzene ring substituents is 1. The van der Waals surface area contributed by atoms with Gasteiger partial charge < -0.3 is 10.5 Å². The number of benzene rings is 1. The van der Waals surface area contributed by atoms with Gasteiger partial charge in [0.05, 0.1) is 11.0 Å². The van der Waals surface area contributed by atoms with Crippen molar-refractivity contribution in [2.24, 2.45) is 10.7 Å². The predicted molar refractivity (Wildman–Crippen MR) is 54.5 cm³/mol. The summed E-state index contributed by atoms with van der Waals surface area (Å²) < 4.78 is 5.37. The summed E-state index contributed by atoms with van der Waals surface area (Å²) in [4.78, 5) is 14.1. The van der Waals surface area contributed by atoms with Gasteiger partial charge in [-0.05, 0) is 13.0 Å². The van der Waals surface area contributed by atoms with Crippen LogP contribution in [-0.4, -0.2) is 16.9 Å². The number of rotatable bonds is 1. The minimum atomic E-state index is -0.476. The molecule has 0 aliphatic carbocycles. The molecule has 0 saturated heterocycles. The monoisotopic (exact) mass is 207 g/mol. The maximum absolute atomic E-state index is 10.5. The highest BCUT2D eigenvalue weighted by atomic mass is 16.6. The SMILES string of the molecule is CC1Oc2cc([N+](=O)[O-])ccc2N=C1N. The Bertz CT molecular complexity index is 456. The van der Waals surface area contributed by atoms with E-state index < -0.39 is 4.92 Å². The summed E-state index contributed by atoms with van der Waals surface area (Å²) in [6.45, 7) is 1.74. The smallest absolute Gasteiger partial charge is 0.273 e. The van der Waals surface area contributed by atoms with E-state index in [1.54, 1.807) is 6.92 Å². The van der Waals surface area contributed by atoms with E-state index in [-0.39, 0.29) is 11.8 Å². The van der Waals surface area contributed by atoms with Gasteiger partial charge in [0.25, 0.3) is 5.69 Å². The minimum Gasteiger partial charge on any atom is -0.480 e. The van der Waals surface area contributed by atoms with Crippen LogP contribution < -0.4 is 10.5 Å². The van der Waals surface area contributed by atoms with Crippen molar-refractivity contribution in [2.75, 3.05) is 0 Å². The Kier molecular flexibility index (Phi) is 2.03. The number of hydrogen-bond donors (Lipinski definition) is 1. The average Bonchev–Trinajstić information content (AvgIpc) is 2.19. The molecule has 0 amide bonds. The van der Waals surface area contributed by atoms with Gasteiger partial charge >= 0.3 is 0 Å². The number of nitrogens with two attached hydrogens (primary N) is 1. The van der Waals surface area contributed by atoms with Gasteiger partial charge in [0.15, 0.2) is 11.9 Å². The van der Waals surface area contributed by atoms with Gasteiger partial charge in [-0.15, -0.1) is 0 Å². The fraction of sp³-hybridized carbons (Fsp3) is 0.222. The summed E-state index contributed by atoms with van der Waals surface area (Å²) in [5.41, 5.74) is 6.09. The van der Waals surface area contributed by atoms with Crippen LogP contribution in [0, 0.1) is 10.1 Å². The molecule has 1 unspecified atom stereocenters. The molecule has 1 aliphatic rings. The van der Waals surface area contributed by atoms with E-state index in [4.69, 9.17) is 10.5 Å². The Morgan fingerprint density at radius 3 is 3.00 bits per heavy atom. The predicted octanol–water partition coefficient (Wildman–Crippen LogP) is 1.36. The van der Waals surface area contributed by atoms with Gasteiger partial charge in [-0.3, -0.25) is 10.1 Å². The Morgan fingerprint density at radius 1 is 1.60 bits per heavy atom. The lowest BCUT2D eigenvalue weighted by Gasteiger charge is -2.20. The second kappa shape index (κ2) is 3.23. The van der Waals surface area contributed by atoms with E-state index >= 15 is 0 Å². The van der Waals surface area contributed by atoms with E-state index in [1.165, 1.54) is 18.2 Å². The van der Waals surface area contributed by atoms with Crippen molar-refractivity contribution in [2.45, 2.75) is 13.0 Å². The molecule has 0 fully saturated rings. The lowest BCUT2D eigenvalue weighted by molar-refractivity contribution is -0.384. The van der Waals surface area contributed by atoms with Gasteiger partial charge in [0.1, 0.15) is 11.5 Å². The van der Waals surface area contributed by atoms with Crippen LogP contribution in [0.25, 0.3) is 0 Å². The first-order valence-corrected chi connectivity index (χ1v) is 4.37. The average molecular weight is 207 g/mol. The summed E-state index contributed by atoms with van der Waals surface area (Å²) in [5.74, 6) is 0.766. The van der Waals surface area contributed by atoms with Gasteiger partial charge in [-0.1, -0.05) is 0 Å². The first-order valence-electron chi connectivity index (χ1n) is 4.37. The van der Waals surface area contributed by atoms with Crippen LogP contribution in [-0.2, 0) is 0 Å². The van der Waals surface area contributed by atoms with Crippen LogP contribution in [0.2, 0.25) is 0 Å². The number of amidine groups is 1. The quantitative estimate of drug-likeness (QED) is 0.556. The van der Waals surface area contributed by atoms with E-state index in [2.05, 4.69) is 4.99 Å². The Hall–Kier alpha value is -2.11. The molecule has 15 heavy (non-hydrogen) atoms. The number of nitro groups is 1. The van der Waals surface area contributed by atoms with E-state index in [1.807, 2.05) is 0 Å². The van der Waals surface area contributed by atoms with Gasteiger partial charge in [-0.2, -0.15) is 0 Å². The zero-order valence-corrected chi connectivity index (χ0v) is 8.01. The molecular weight excluding hydrogens is 198 g/mol. The van der Waals surface area contributed by atoms with Crippen LogP contribution in [0.4, 0.5) is 11.4 Å². The summed E-state index contributed by atoms with van der Waals surface area (Å²) in [5, 5.41) is 10.5. The molecule has 1 aromatic rings. The van der Waals surface area contributed by atoms with Crippen LogP contribution in [0.15, 0.2) is 23.2 Å².